The zero-order valence-electron chi connectivity index (χ0n) is 20.6. The molecular weight excluding hydrogens is 498 g/mol. The van der Waals surface area contributed by atoms with Crippen molar-refractivity contribution in [3.63, 3.8) is 0 Å². The summed E-state index contributed by atoms with van der Waals surface area (Å²) in [6, 6.07) is 3.96. The molecule has 0 unspecified atom stereocenters. The van der Waals surface area contributed by atoms with E-state index in [-0.39, 0.29) is 40.0 Å². The van der Waals surface area contributed by atoms with Gasteiger partial charge in [0.05, 0.1) is 16.6 Å². The summed E-state index contributed by atoms with van der Waals surface area (Å²) in [5, 5.41) is 12.0. The highest BCUT2D eigenvalue weighted by Gasteiger charge is 2.26. The Morgan fingerprint density at radius 3 is 2.37 bits per heavy atom. The van der Waals surface area contributed by atoms with Gasteiger partial charge in [-0.1, -0.05) is 0 Å². The van der Waals surface area contributed by atoms with Crippen LogP contribution in [0.4, 0.5) is 26.2 Å². The Morgan fingerprint density at radius 1 is 1.03 bits per heavy atom. The predicted molar refractivity (Wildman–Crippen MR) is 135 cm³/mol. The van der Waals surface area contributed by atoms with Crippen LogP contribution in [0.15, 0.2) is 43.1 Å². The van der Waals surface area contributed by atoms with Gasteiger partial charge in [-0.3, -0.25) is 4.79 Å². The molecular formula is C25H24F2N8O3. The van der Waals surface area contributed by atoms with Crippen molar-refractivity contribution in [3.05, 3.63) is 65.9 Å². The summed E-state index contributed by atoms with van der Waals surface area (Å²) in [4.78, 5) is 43.2. The van der Waals surface area contributed by atoms with Gasteiger partial charge in [-0.05, 0) is 31.0 Å². The van der Waals surface area contributed by atoms with E-state index in [0.717, 1.165) is 6.07 Å². The van der Waals surface area contributed by atoms with E-state index in [9.17, 15) is 14.0 Å². The molecule has 5 rings (SSSR count). The smallest absolute Gasteiger partial charge is 0.338 e. The molecule has 0 aliphatic carbocycles. The van der Waals surface area contributed by atoms with Crippen LogP contribution in [-0.2, 0) is 0 Å². The maximum atomic E-state index is 15.2. The van der Waals surface area contributed by atoms with Crippen molar-refractivity contribution < 1.29 is 23.5 Å². The first-order chi connectivity index (χ1) is 18.2. The van der Waals surface area contributed by atoms with Gasteiger partial charge < -0.3 is 24.8 Å². The fourth-order valence-corrected chi connectivity index (χ4v) is 4.49. The molecule has 3 aromatic heterocycles. The number of hydrogen-bond donors (Lipinski definition) is 2. The summed E-state index contributed by atoms with van der Waals surface area (Å²) in [6.07, 6.45) is 6.50. The number of carbonyl (C=O) groups is 2. The number of aromatic nitrogens is 5. The van der Waals surface area contributed by atoms with E-state index in [4.69, 9.17) is 5.11 Å². The quantitative estimate of drug-likeness (QED) is 0.391. The fourth-order valence-electron chi connectivity index (χ4n) is 4.49. The van der Waals surface area contributed by atoms with Crippen LogP contribution in [0.3, 0.4) is 0 Å². The highest BCUT2D eigenvalue weighted by atomic mass is 19.1. The molecule has 4 aromatic rings. The minimum absolute atomic E-state index is 0.0138. The number of aromatic carboxylic acids is 1. The maximum absolute atomic E-state index is 15.2. The molecule has 0 saturated carbocycles. The normalized spacial score (nSPS) is 14.1. The van der Waals surface area contributed by atoms with Gasteiger partial charge in [0.15, 0.2) is 5.82 Å². The minimum Gasteiger partial charge on any atom is -0.478 e. The lowest BCUT2D eigenvalue weighted by Gasteiger charge is -2.32. The molecule has 1 aliphatic rings. The Labute approximate surface area is 215 Å². The number of piperidine rings is 1. The first kappa shape index (κ1) is 25.0. The van der Waals surface area contributed by atoms with E-state index in [1.165, 1.54) is 42.0 Å². The Kier molecular flexibility index (Phi) is 6.57. The van der Waals surface area contributed by atoms with Crippen LogP contribution < -0.4 is 10.2 Å². The van der Waals surface area contributed by atoms with E-state index in [1.54, 1.807) is 18.7 Å². The lowest BCUT2D eigenvalue weighted by Crippen LogP contribution is -2.35. The van der Waals surface area contributed by atoms with Gasteiger partial charge in [-0.15, -0.1) is 0 Å². The number of amides is 1. The number of anilines is 3. The standard InChI is InChI=1S/C25H24F2N8O3/c1-33(2)23(36)14-3-4-19(17(26)9-14)32-21-20-18(27)12-35(22(20)31-13-30-21)16-5-7-34(8-6-16)25-28-10-15(11-29-25)24(37)38/h3-4,9-13,16H,5-8H2,1-2H3,(H,37,38)(H,30,31,32). The highest BCUT2D eigenvalue weighted by molar-refractivity contribution is 5.95. The number of hydrogen-bond acceptors (Lipinski definition) is 8. The van der Waals surface area contributed by atoms with Crippen LogP contribution in [0.25, 0.3) is 11.0 Å². The number of halogens is 2. The van der Waals surface area contributed by atoms with Crippen molar-refractivity contribution in [2.24, 2.45) is 0 Å². The molecule has 11 nitrogen and oxygen atoms in total. The second kappa shape index (κ2) is 10.00. The van der Waals surface area contributed by atoms with Crippen LogP contribution in [-0.4, -0.2) is 73.6 Å². The second-order valence-electron chi connectivity index (χ2n) is 9.12. The van der Waals surface area contributed by atoms with Crippen LogP contribution >= 0.6 is 0 Å². The molecule has 1 aliphatic heterocycles. The number of nitrogens with one attached hydrogen (secondary N) is 1. The van der Waals surface area contributed by atoms with Gasteiger partial charge in [0.25, 0.3) is 5.91 Å². The number of nitrogens with zero attached hydrogens (tertiary/aromatic N) is 7. The molecule has 2 N–H and O–H groups in total. The Bertz CT molecular complexity index is 1520. The van der Waals surface area contributed by atoms with Gasteiger partial charge in [0.1, 0.15) is 23.6 Å². The molecule has 196 valence electrons. The Morgan fingerprint density at radius 2 is 1.74 bits per heavy atom. The van der Waals surface area contributed by atoms with Gasteiger partial charge in [0, 0.05) is 57.4 Å². The lowest BCUT2D eigenvalue weighted by atomic mass is 10.1. The molecule has 38 heavy (non-hydrogen) atoms. The maximum Gasteiger partial charge on any atom is 0.338 e. The lowest BCUT2D eigenvalue weighted by molar-refractivity contribution is 0.0695. The van der Waals surface area contributed by atoms with E-state index >= 15 is 4.39 Å². The van der Waals surface area contributed by atoms with Crippen LogP contribution in [0, 0.1) is 11.6 Å². The SMILES string of the molecule is CN(C)C(=O)c1ccc(Nc2ncnc3c2c(F)cn3C2CCN(c3ncc(C(=O)O)cn3)CC2)c(F)c1. The molecule has 13 heteroatoms. The number of fused-ring (bicyclic) bond motifs is 1. The summed E-state index contributed by atoms with van der Waals surface area (Å²) >= 11 is 0. The first-order valence-electron chi connectivity index (χ1n) is 11.8. The van der Waals surface area contributed by atoms with Crippen molar-refractivity contribution in [2.75, 3.05) is 37.4 Å². The van der Waals surface area contributed by atoms with Crippen molar-refractivity contribution in [1.29, 1.82) is 0 Å². The predicted octanol–water partition coefficient (Wildman–Crippen LogP) is 3.48. The number of carbonyl (C=O) groups excluding carboxylic acids is 1. The van der Waals surface area contributed by atoms with Crippen molar-refractivity contribution >= 4 is 40.4 Å². The van der Waals surface area contributed by atoms with Crippen LogP contribution in [0.2, 0.25) is 0 Å². The van der Waals surface area contributed by atoms with Crippen molar-refractivity contribution in [1.82, 2.24) is 29.4 Å². The molecule has 0 spiro atoms. The van der Waals surface area contributed by atoms with Gasteiger partial charge >= 0.3 is 5.97 Å². The minimum atomic E-state index is -1.09. The van der Waals surface area contributed by atoms with Gasteiger partial charge in [-0.2, -0.15) is 0 Å². The first-order valence-corrected chi connectivity index (χ1v) is 11.8. The third-order valence-corrected chi connectivity index (χ3v) is 6.46. The third kappa shape index (κ3) is 4.69. The van der Waals surface area contributed by atoms with Crippen molar-refractivity contribution in [2.45, 2.75) is 18.9 Å². The number of benzene rings is 1. The van der Waals surface area contributed by atoms with Crippen molar-refractivity contribution in [3.8, 4) is 0 Å². The molecule has 1 aromatic carbocycles. The summed E-state index contributed by atoms with van der Waals surface area (Å²) in [7, 11) is 3.15. The van der Waals surface area contributed by atoms with Gasteiger partial charge in [0.2, 0.25) is 5.95 Å². The largest absolute Gasteiger partial charge is 0.478 e. The Balaban J connectivity index is 1.35. The number of carboxylic acids is 1. The molecule has 0 radical (unpaired) electrons. The van der Waals surface area contributed by atoms with E-state index in [1.807, 2.05) is 4.90 Å². The molecule has 1 fully saturated rings. The van der Waals surface area contributed by atoms with E-state index in [0.29, 0.717) is 37.5 Å². The fraction of sp³-hybridized carbons (Fsp3) is 0.280. The summed E-state index contributed by atoms with van der Waals surface area (Å²) < 4.78 is 31.7. The monoisotopic (exact) mass is 522 g/mol. The zero-order chi connectivity index (χ0) is 27.0. The van der Waals surface area contributed by atoms with E-state index < -0.39 is 17.6 Å². The summed E-state index contributed by atoms with van der Waals surface area (Å²) in [6.45, 7) is 1.16. The van der Waals surface area contributed by atoms with Crippen LogP contribution in [0.5, 0.6) is 0 Å². The molecule has 4 heterocycles. The zero-order valence-corrected chi connectivity index (χ0v) is 20.6. The average molecular weight is 523 g/mol. The molecule has 0 atom stereocenters. The van der Waals surface area contributed by atoms with Crippen LogP contribution in [0.1, 0.15) is 39.6 Å². The molecule has 1 saturated heterocycles. The van der Waals surface area contributed by atoms with E-state index in [2.05, 4.69) is 25.3 Å². The molecule has 1 amide bonds. The highest BCUT2D eigenvalue weighted by Crippen LogP contribution is 2.33. The summed E-state index contributed by atoms with van der Waals surface area (Å²) in [5.41, 5.74) is 0.632. The Hall–Kier alpha value is -4.68. The molecule has 0 bridgehead atoms. The number of carboxylic acid groups (broad SMARTS) is 1. The summed E-state index contributed by atoms with van der Waals surface area (Å²) in [5.74, 6) is -2.09. The average Bonchev–Trinajstić information content (AvgIpc) is 3.26. The second-order valence-corrected chi connectivity index (χ2v) is 9.12. The third-order valence-electron chi connectivity index (χ3n) is 6.46. The van der Waals surface area contributed by atoms with Gasteiger partial charge in [-0.25, -0.2) is 33.5 Å². The number of rotatable bonds is 6. The topological polar surface area (TPSA) is 129 Å².